The van der Waals surface area contributed by atoms with Gasteiger partial charge in [0, 0.05) is 19.0 Å². The Bertz CT molecular complexity index is 946. The third-order valence-electron chi connectivity index (χ3n) is 5.50. The van der Waals surface area contributed by atoms with Crippen LogP contribution in [0.5, 0.6) is 0 Å². The molecule has 0 radical (unpaired) electrons. The van der Waals surface area contributed by atoms with E-state index in [1.807, 2.05) is 55.4 Å². The number of carbonyl (C=O) groups excluding carboxylic acids is 2. The number of fused-ring (bicyclic) bond motifs is 3. The van der Waals surface area contributed by atoms with Gasteiger partial charge in [-0.2, -0.15) is 0 Å². The minimum Gasteiger partial charge on any atom is -0.480 e. The van der Waals surface area contributed by atoms with Crippen LogP contribution in [0.15, 0.2) is 48.5 Å². The molecule has 1 aliphatic carbocycles. The summed E-state index contributed by atoms with van der Waals surface area (Å²) in [5.41, 5.74) is 4.46. The topological polar surface area (TPSA) is 99.2 Å². The minimum atomic E-state index is -1.11. The molecule has 1 atom stereocenters. The van der Waals surface area contributed by atoms with Crippen molar-refractivity contribution in [2.45, 2.75) is 18.9 Å². The third-order valence-corrected chi connectivity index (χ3v) is 5.50. The number of carboxylic acid groups (broad SMARTS) is 1. The Hall–Kier alpha value is -3.39. The highest BCUT2D eigenvalue weighted by molar-refractivity contribution is 5.88. The standard InChI is InChI=1S/C24H29N3O5/c1-16(23(30)27(14-22(28)29)13-12-26(2)3)25-24(31)32-15-21-19-10-6-4-8-17(19)18-9-5-7-11-20(18)21/h4-11,16,21H,12-15H2,1-3H3,(H,25,31)(H,28,29)/t16-/m0/s1. The van der Waals surface area contributed by atoms with Crippen molar-refractivity contribution in [2.75, 3.05) is 40.3 Å². The van der Waals surface area contributed by atoms with Gasteiger partial charge in [0.1, 0.15) is 19.2 Å². The SMILES string of the molecule is C[C@H](NC(=O)OCC1c2ccccc2-c2ccccc21)C(=O)N(CCN(C)C)CC(=O)O. The fraction of sp³-hybridized carbons (Fsp3) is 0.375. The van der Waals surface area contributed by atoms with Gasteiger partial charge in [0.2, 0.25) is 5.91 Å². The second kappa shape index (κ2) is 10.3. The zero-order valence-corrected chi connectivity index (χ0v) is 18.6. The number of hydrogen-bond acceptors (Lipinski definition) is 5. The predicted molar refractivity (Wildman–Crippen MR) is 120 cm³/mol. The Morgan fingerprint density at radius 1 is 1.00 bits per heavy atom. The van der Waals surface area contributed by atoms with Crippen LogP contribution in [0.1, 0.15) is 24.0 Å². The van der Waals surface area contributed by atoms with Crippen LogP contribution in [0.25, 0.3) is 11.1 Å². The maximum atomic E-state index is 12.7. The summed E-state index contributed by atoms with van der Waals surface area (Å²) in [6.07, 6.45) is -0.712. The van der Waals surface area contributed by atoms with Crippen molar-refractivity contribution in [3.63, 3.8) is 0 Å². The molecule has 8 heteroatoms. The number of alkyl carbamates (subject to hydrolysis) is 1. The molecule has 0 heterocycles. The van der Waals surface area contributed by atoms with E-state index in [1.54, 1.807) is 0 Å². The number of aliphatic carboxylic acids is 1. The van der Waals surface area contributed by atoms with Crippen LogP contribution in [-0.2, 0) is 14.3 Å². The molecule has 2 aromatic rings. The summed E-state index contributed by atoms with van der Waals surface area (Å²) in [5.74, 6) is -1.66. The summed E-state index contributed by atoms with van der Waals surface area (Å²) < 4.78 is 5.47. The Kier molecular flexibility index (Phi) is 7.48. The number of rotatable bonds is 9. The Balaban J connectivity index is 1.60. The number of nitrogens with one attached hydrogen (secondary N) is 1. The maximum absolute atomic E-state index is 12.7. The molecule has 32 heavy (non-hydrogen) atoms. The summed E-state index contributed by atoms with van der Waals surface area (Å²) in [4.78, 5) is 39.3. The summed E-state index contributed by atoms with van der Waals surface area (Å²) in [6.45, 7) is 1.99. The molecule has 3 rings (SSSR count). The predicted octanol–water partition coefficient (Wildman–Crippen LogP) is 2.39. The van der Waals surface area contributed by atoms with Crippen LogP contribution in [0, 0.1) is 0 Å². The number of likely N-dealkylation sites (N-methyl/N-ethyl adjacent to an activating group) is 1. The van der Waals surface area contributed by atoms with E-state index in [9.17, 15) is 14.4 Å². The Labute approximate surface area is 187 Å². The van der Waals surface area contributed by atoms with E-state index in [-0.39, 0.29) is 19.1 Å². The van der Waals surface area contributed by atoms with Gasteiger partial charge in [-0.15, -0.1) is 0 Å². The quantitative estimate of drug-likeness (QED) is 0.623. The molecule has 0 saturated carbocycles. The normalized spacial score (nSPS) is 13.2. The zero-order valence-electron chi connectivity index (χ0n) is 18.6. The fourth-order valence-corrected chi connectivity index (χ4v) is 3.90. The molecule has 0 unspecified atom stereocenters. The van der Waals surface area contributed by atoms with Crippen molar-refractivity contribution in [1.29, 1.82) is 0 Å². The van der Waals surface area contributed by atoms with Gasteiger partial charge in [0.15, 0.2) is 0 Å². The molecule has 0 aliphatic heterocycles. The van der Waals surface area contributed by atoms with Gasteiger partial charge in [-0.3, -0.25) is 9.59 Å². The van der Waals surface area contributed by atoms with Crippen LogP contribution in [0.2, 0.25) is 0 Å². The van der Waals surface area contributed by atoms with E-state index >= 15 is 0 Å². The number of nitrogens with zero attached hydrogens (tertiary/aromatic N) is 2. The summed E-state index contributed by atoms with van der Waals surface area (Å²) >= 11 is 0. The molecule has 2 amide bonds. The van der Waals surface area contributed by atoms with Crippen molar-refractivity contribution < 1.29 is 24.2 Å². The van der Waals surface area contributed by atoms with Gasteiger partial charge in [-0.05, 0) is 43.3 Å². The molecule has 0 bridgehead atoms. The number of benzene rings is 2. The molecule has 0 fully saturated rings. The zero-order chi connectivity index (χ0) is 23.3. The molecule has 0 saturated heterocycles. The molecule has 2 N–H and O–H groups in total. The second-order valence-electron chi connectivity index (χ2n) is 8.15. The van der Waals surface area contributed by atoms with Crippen LogP contribution >= 0.6 is 0 Å². The highest BCUT2D eigenvalue weighted by Crippen LogP contribution is 2.44. The van der Waals surface area contributed by atoms with E-state index in [2.05, 4.69) is 17.4 Å². The highest BCUT2D eigenvalue weighted by Gasteiger charge is 2.30. The van der Waals surface area contributed by atoms with Gasteiger partial charge in [-0.1, -0.05) is 48.5 Å². The van der Waals surface area contributed by atoms with Gasteiger partial charge in [0.25, 0.3) is 0 Å². The van der Waals surface area contributed by atoms with Gasteiger partial charge in [0.05, 0.1) is 0 Å². The van der Waals surface area contributed by atoms with Crippen LogP contribution in [-0.4, -0.2) is 79.3 Å². The summed E-state index contributed by atoms with van der Waals surface area (Å²) in [6, 6.07) is 15.2. The average Bonchev–Trinajstić information content (AvgIpc) is 3.08. The maximum Gasteiger partial charge on any atom is 0.407 e. The number of carbonyl (C=O) groups is 3. The van der Waals surface area contributed by atoms with E-state index in [0.29, 0.717) is 6.54 Å². The van der Waals surface area contributed by atoms with Gasteiger partial charge < -0.3 is 25.0 Å². The number of amides is 2. The lowest BCUT2D eigenvalue weighted by Crippen LogP contribution is -2.50. The monoisotopic (exact) mass is 439 g/mol. The lowest BCUT2D eigenvalue weighted by molar-refractivity contribution is -0.145. The number of ether oxygens (including phenoxy) is 1. The van der Waals surface area contributed by atoms with Crippen LogP contribution in [0.3, 0.4) is 0 Å². The van der Waals surface area contributed by atoms with Crippen LogP contribution in [0.4, 0.5) is 4.79 Å². The van der Waals surface area contributed by atoms with E-state index in [0.717, 1.165) is 22.3 Å². The molecular weight excluding hydrogens is 410 g/mol. The van der Waals surface area contributed by atoms with E-state index in [4.69, 9.17) is 9.84 Å². The second-order valence-corrected chi connectivity index (χ2v) is 8.15. The van der Waals surface area contributed by atoms with Crippen molar-refractivity contribution in [2.24, 2.45) is 0 Å². The third kappa shape index (κ3) is 5.45. The summed E-state index contributed by atoms with van der Waals surface area (Å²) in [7, 11) is 3.67. The molecule has 8 nitrogen and oxygen atoms in total. The average molecular weight is 440 g/mol. The van der Waals surface area contributed by atoms with Crippen molar-refractivity contribution in [3.8, 4) is 11.1 Å². The first-order valence-corrected chi connectivity index (χ1v) is 10.5. The molecule has 0 aromatic heterocycles. The van der Waals surface area contributed by atoms with Crippen LogP contribution < -0.4 is 5.32 Å². The summed E-state index contributed by atoms with van der Waals surface area (Å²) in [5, 5.41) is 11.6. The molecule has 1 aliphatic rings. The first kappa shape index (κ1) is 23.3. The molecule has 0 spiro atoms. The van der Waals surface area contributed by atoms with Gasteiger partial charge in [-0.25, -0.2) is 4.79 Å². The lowest BCUT2D eigenvalue weighted by atomic mass is 9.98. The lowest BCUT2D eigenvalue weighted by Gasteiger charge is -2.26. The van der Waals surface area contributed by atoms with E-state index in [1.165, 1.54) is 11.8 Å². The Morgan fingerprint density at radius 2 is 1.56 bits per heavy atom. The highest BCUT2D eigenvalue weighted by atomic mass is 16.5. The van der Waals surface area contributed by atoms with Crippen molar-refractivity contribution in [1.82, 2.24) is 15.1 Å². The van der Waals surface area contributed by atoms with Crippen molar-refractivity contribution in [3.05, 3.63) is 59.7 Å². The largest absolute Gasteiger partial charge is 0.480 e. The number of hydrogen-bond donors (Lipinski definition) is 2. The first-order chi connectivity index (χ1) is 15.3. The molecule has 2 aromatic carbocycles. The molecule has 170 valence electrons. The number of carboxylic acids is 1. The van der Waals surface area contributed by atoms with Gasteiger partial charge >= 0.3 is 12.1 Å². The Morgan fingerprint density at radius 3 is 2.09 bits per heavy atom. The van der Waals surface area contributed by atoms with E-state index < -0.39 is 30.6 Å². The minimum absolute atomic E-state index is 0.0808. The smallest absolute Gasteiger partial charge is 0.407 e. The molecular formula is C24H29N3O5. The fourth-order valence-electron chi connectivity index (χ4n) is 3.90. The first-order valence-electron chi connectivity index (χ1n) is 10.5. The van der Waals surface area contributed by atoms with Crippen molar-refractivity contribution >= 4 is 18.0 Å².